The fourth-order valence-electron chi connectivity index (χ4n) is 4.12. The number of para-hydroxylation sites is 1. The fourth-order valence-corrected chi connectivity index (χ4v) is 4.12. The van der Waals surface area contributed by atoms with E-state index in [0.29, 0.717) is 0 Å². The van der Waals surface area contributed by atoms with Crippen molar-refractivity contribution in [3.8, 4) is 22.9 Å². The van der Waals surface area contributed by atoms with E-state index in [-0.39, 0.29) is 30.4 Å². The van der Waals surface area contributed by atoms with Crippen LogP contribution in [-0.4, -0.2) is 41.7 Å². The lowest BCUT2D eigenvalue weighted by molar-refractivity contribution is -0.148. The van der Waals surface area contributed by atoms with Crippen molar-refractivity contribution in [1.82, 2.24) is 4.90 Å². The van der Waals surface area contributed by atoms with Crippen LogP contribution in [0.1, 0.15) is 24.3 Å². The summed E-state index contributed by atoms with van der Waals surface area (Å²) in [6, 6.07) is 17.0. The van der Waals surface area contributed by atoms with Gasteiger partial charge in [-0.15, -0.1) is 0 Å². The second-order valence-corrected chi connectivity index (χ2v) is 7.16. The zero-order chi connectivity index (χ0) is 19.0. The average molecular weight is 362 g/mol. The first-order valence-corrected chi connectivity index (χ1v) is 9.26. The topological polar surface area (TPSA) is 73.6 Å². The van der Waals surface area contributed by atoms with Gasteiger partial charge in [0.05, 0.1) is 25.8 Å². The molecule has 1 saturated heterocycles. The molecule has 0 unspecified atom stereocenters. The minimum absolute atomic E-state index is 0.00613. The first kappa shape index (κ1) is 17.6. The van der Waals surface area contributed by atoms with E-state index in [9.17, 15) is 15.2 Å². The van der Waals surface area contributed by atoms with Crippen molar-refractivity contribution < 1.29 is 14.6 Å². The van der Waals surface area contributed by atoms with Crippen LogP contribution in [0.3, 0.4) is 0 Å². The van der Waals surface area contributed by atoms with Gasteiger partial charge in [0, 0.05) is 17.4 Å². The van der Waals surface area contributed by atoms with E-state index in [0.717, 1.165) is 35.3 Å². The number of nitrogens with zero attached hydrogens (tertiary/aromatic N) is 2. The van der Waals surface area contributed by atoms with E-state index in [1.165, 1.54) is 0 Å². The second-order valence-electron chi connectivity index (χ2n) is 7.16. The molecule has 1 heterocycles. The fraction of sp³-hybridized carbons (Fsp3) is 0.364. The van der Waals surface area contributed by atoms with Crippen LogP contribution >= 0.6 is 0 Å². The molecule has 2 fully saturated rings. The molecule has 0 bridgehead atoms. The summed E-state index contributed by atoms with van der Waals surface area (Å²) >= 11 is 0. The number of hydrogen-bond donors (Lipinski definition) is 1. The van der Waals surface area contributed by atoms with E-state index in [1.54, 1.807) is 12.0 Å². The lowest BCUT2D eigenvalue weighted by Crippen LogP contribution is -2.65. The Labute approximate surface area is 158 Å². The highest BCUT2D eigenvalue weighted by molar-refractivity contribution is 5.84. The first-order chi connectivity index (χ1) is 13.2. The van der Waals surface area contributed by atoms with Gasteiger partial charge in [-0.1, -0.05) is 42.5 Å². The van der Waals surface area contributed by atoms with Crippen LogP contribution in [0, 0.1) is 17.2 Å². The molecular formula is C22H22N2O3. The highest BCUT2D eigenvalue weighted by atomic mass is 16.5. The summed E-state index contributed by atoms with van der Waals surface area (Å²) in [7, 11) is 1.63. The van der Waals surface area contributed by atoms with Crippen molar-refractivity contribution in [3.63, 3.8) is 0 Å². The molecule has 5 nitrogen and oxygen atoms in total. The van der Waals surface area contributed by atoms with Gasteiger partial charge in [-0.3, -0.25) is 4.79 Å². The quantitative estimate of drug-likeness (QED) is 0.887. The number of hydrogen-bond acceptors (Lipinski definition) is 4. The highest BCUT2D eigenvalue weighted by Crippen LogP contribution is 2.47. The SMILES string of the molecule is COc1ccccc1-c1ccccc1[C@H]1[C@H](C#N)N(C(=O)C2CC2)[C@H]1CO. The summed E-state index contributed by atoms with van der Waals surface area (Å²) in [5.74, 6) is 0.569. The van der Waals surface area contributed by atoms with Crippen LogP contribution in [0.15, 0.2) is 48.5 Å². The van der Waals surface area contributed by atoms with E-state index in [4.69, 9.17) is 4.74 Å². The number of ether oxygens (including phenoxy) is 1. The maximum atomic E-state index is 12.6. The number of amides is 1. The Hall–Kier alpha value is -2.84. The summed E-state index contributed by atoms with van der Waals surface area (Å²) in [5.41, 5.74) is 2.88. The standard InChI is InChI=1S/C22H22N2O3/c1-27-20-9-5-4-7-16(20)15-6-2-3-8-17(15)21-18(12-23)24(19(21)13-25)22(26)14-10-11-14/h2-9,14,18-19,21,25H,10-11,13H2,1H3/t18-,19-,21-/m0/s1. The van der Waals surface area contributed by atoms with Gasteiger partial charge in [0.15, 0.2) is 0 Å². The average Bonchev–Trinajstić information content (AvgIpc) is 3.53. The maximum absolute atomic E-state index is 12.6. The van der Waals surface area contributed by atoms with E-state index in [2.05, 4.69) is 6.07 Å². The minimum Gasteiger partial charge on any atom is -0.496 e. The summed E-state index contributed by atoms with van der Waals surface area (Å²) in [5, 5.41) is 19.8. The number of aliphatic hydroxyl groups is 1. The van der Waals surface area contributed by atoms with Crippen molar-refractivity contribution >= 4 is 5.91 Å². The number of aliphatic hydroxyl groups excluding tert-OH is 1. The van der Waals surface area contributed by atoms with Gasteiger partial charge in [-0.05, 0) is 30.0 Å². The highest BCUT2D eigenvalue weighted by Gasteiger charge is 2.54. The molecule has 1 aliphatic heterocycles. The van der Waals surface area contributed by atoms with Gasteiger partial charge >= 0.3 is 0 Å². The molecule has 0 spiro atoms. The Morgan fingerprint density at radius 2 is 1.85 bits per heavy atom. The van der Waals surface area contributed by atoms with Crippen molar-refractivity contribution in [1.29, 1.82) is 5.26 Å². The first-order valence-electron chi connectivity index (χ1n) is 9.26. The largest absolute Gasteiger partial charge is 0.496 e. The third kappa shape index (κ3) is 2.87. The van der Waals surface area contributed by atoms with Crippen molar-refractivity contribution in [2.75, 3.05) is 13.7 Å². The van der Waals surface area contributed by atoms with Crippen molar-refractivity contribution in [2.24, 2.45) is 5.92 Å². The van der Waals surface area contributed by atoms with Crippen LogP contribution in [0.4, 0.5) is 0 Å². The summed E-state index contributed by atoms with van der Waals surface area (Å²) in [6.45, 7) is -0.151. The van der Waals surface area contributed by atoms with E-state index in [1.807, 2.05) is 48.5 Å². The Morgan fingerprint density at radius 3 is 2.48 bits per heavy atom. The molecule has 0 radical (unpaired) electrons. The number of carbonyl (C=O) groups excluding carboxylic acids is 1. The summed E-state index contributed by atoms with van der Waals surface area (Å²) < 4.78 is 5.51. The normalized spacial score (nSPS) is 24.0. The number of nitriles is 1. The molecule has 1 aliphatic carbocycles. The number of methoxy groups -OCH3 is 1. The maximum Gasteiger partial charge on any atom is 0.227 e. The molecule has 2 aliphatic rings. The summed E-state index contributed by atoms with van der Waals surface area (Å²) in [6.07, 6.45) is 1.77. The smallest absolute Gasteiger partial charge is 0.227 e. The number of carbonyl (C=O) groups is 1. The molecular weight excluding hydrogens is 340 g/mol. The van der Waals surface area contributed by atoms with Gasteiger partial charge in [0.25, 0.3) is 0 Å². The lowest BCUT2D eigenvalue weighted by Gasteiger charge is -2.52. The third-order valence-corrected chi connectivity index (χ3v) is 5.63. The minimum atomic E-state index is -0.550. The molecule has 27 heavy (non-hydrogen) atoms. The number of likely N-dealkylation sites (tertiary alicyclic amines) is 1. The Kier molecular flexibility index (Phi) is 4.59. The molecule has 3 atom stereocenters. The Morgan fingerprint density at radius 1 is 1.19 bits per heavy atom. The Balaban J connectivity index is 1.75. The summed E-state index contributed by atoms with van der Waals surface area (Å²) in [4.78, 5) is 14.2. The zero-order valence-corrected chi connectivity index (χ0v) is 15.2. The molecule has 138 valence electrons. The van der Waals surface area contributed by atoms with Gasteiger partial charge in [0.2, 0.25) is 5.91 Å². The van der Waals surface area contributed by atoms with Crippen LogP contribution in [0.25, 0.3) is 11.1 Å². The molecule has 1 N–H and O–H groups in total. The van der Waals surface area contributed by atoms with Crippen molar-refractivity contribution in [2.45, 2.75) is 30.8 Å². The van der Waals surface area contributed by atoms with Gasteiger partial charge in [0.1, 0.15) is 11.8 Å². The lowest BCUT2D eigenvalue weighted by atomic mass is 9.73. The van der Waals surface area contributed by atoms with Crippen LogP contribution in [0.2, 0.25) is 0 Å². The molecule has 4 rings (SSSR count). The van der Waals surface area contributed by atoms with Crippen LogP contribution < -0.4 is 4.74 Å². The van der Waals surface area contributed by atoms with Gasteiger partial charge < -0.3 is 14.7 Å². The van der Waals surface area contributed by atoms with Gasteiger partial charge in [-0.25, -0.2) is 0 Å². The van der Waals surface area contributed by atoms with Gasteiger partial charge in [-0.2, -0.15) is 5.26 Å². The number of rotatable bonds is 5. The monoisotopic (exact) mass is 362 g/mol. The zero-order valence-electron chi connectivity index (χ0n) is 15.2. The molecule has 1 saturated carbocycles. The predicted molar refractivity (Wildman–Crippen MR) is 101 cm³/mol. The third-order valence-electron chi connectivity index (χ3n) is 5.63. The van der Waals surface area contributed by atoms with E-state index < -0.39 is 6.04 Å². The molecule has 5 heteroatoms. The molecule has 2 aromatic carbocycles. The van der Waals surface area contributed by atoms with E-state index >= 15 is 0 Å². The number of benzene rings is 2. The Bertz CT molecular complexity index is 900. The predicted octanol–water partition coefficient (Wildman–Crippen LogP) is 2.95. The van der Waals surface area contributed by atoms with Crippen LogP contribution in [0.5, 0.6) is 5.75 Å². The van der Waals surface area contributed by atoms with Crippen LogP contribution in [-0.2, 0) is 4.79 Å². The molecule has 2 aromatic rings. The molecule has 0 aromatic heterocycles. The van der Waals surface area contributed by atoms with Crippen molar-refractivity contribution in [3.05, 3.63) is 54.1 Å². The molecule has 1 amide bonds. The second kappa shape index (κ2) is 7.05.